The number of hydrogen-bond donors (Lipinski definition) is 1. The molecule has 3 N–H and O–H groups in total. The van der Waals surface area contributed by atoms with Crippen LogP contribution in [0.3, 0.4) is 0 Å². The molecule has 0 fully saturated rings. The maximum atomic E-state index is 9.70. The van der Waals surface area contributed by atoms with Crippen LogP contribution in [0.4, 0.5) is 0 Å². The third kappa shape index (κ3) is 17.6. The number of rotatable bonds is 2. The summed E-state index contributed by atoms with van der Waals surface area (Å²) in [6.45, 7) is 0. The van der Waals surface area contributed by atoms with Crippen LogP contribution in [0.1, 0.15) is 0 Å². The fourth-order valence-corrected chi connectivity index (χ4v) is 0.877. The molecule has 4 nitrogen and oxygen atoms in total. The minimum absolute atomic E-state index is 0. The van der Waals surface area contributed by atoms with Crippen LogP contribution in [0.2, 0.25) is 0 Å². The van der Waals surface area contributed by atoms with Crippen molar-refractivity contribution < 1.29 is 18.4 Å². The van der Waals surface area contributed by atoms with E-state index < -0.39 is 10.1 Å². The normalized spacial score (nSPS) is 9.11. The van der Waals surface area contributed by atoms with Gasteiger partial charge in [-0.1, -0.05) is 0 Å². The van der Waals surface area contributed by atoms with E-state index in [4.69, 9.17) is 16.2 Å². The molecule has 0 saturated heterocycles. The van der Waals surface area contributed by atoms with E-state index in [1.807, 2.05) is 0 Å². The van der Waals surface area contributed by atoms with E-state index in [0.29, 0.717) is 0 Å². The summed E-state index contributed by atoms with van der Waals surface area (Å²) in [5, 5.41) is 0. The van der Waals surface area contributed by atoms with Crippen molar-refractivity contribution >= 4 is 51.3 Å². The van der Waals surface area contributed by atoms with Crippen LogP contribution in [-0.2, 0) is 10.1 Å². The number of alkyl halides is 1. The van der Waals surface area contributed by atoms with Crippen LogP contribution < -0.4 is 0 Å². The summed E-state index contributed by atoms with van der Waals surface area (Å²) in [7, 11) is -3.81. The van der Waals surface area contributed by atoms with E-state index in [1.165, 1.54) is 0 Å². The summed E-state index contributed by atoms with van der Waals surface area (Å²) >= 11 is 4.95. The molecule has 0 saturated carbocycles. The molecule has 0 atom stereocenters. The summed E-state index contributed by atoms with van der Waals surface area (Å²) in [5.74, 6) is -0.423. The van der Waals surface area contributed by atoms with Gasteiger partial charge in [-0.25, -0.2) is 0 Å². The number of halogens is 1. The van der Waals surface area contributed by atoms with Crippen molar-refractivity contribution in [3.05, 3.63) is 0 Å². The van der Waals surface area contributed by atoms with Gasteiger partial charge in [0.05, 0.1) is 5.75 Å². The average molecular weight is 187 g/mol. The summed E-state index contributed by atoms with van der Waals surface area (Å²) in [4.78, 5) is 0. The maximum absolute atomic E-state index is 9.70. The first kappa shape index (κ1) is 16.6. The van der Waals surface area contributed by atoms with E-state index in [0.717, 1.165) is 0 Å². The fraction of sp³-hybridized carbons (Fsp3) is 1.00. The van der Waals surface area contributed by atoms with Crippen molar-refractivity contribution in [3.63, 3.8) is 0 Å². The summed E-state index contributed by atoms with van der Waals surface area (Å²) in [6.07, 6.45) is 0. The average Bonchev–Trinajstić information content (AvgIpc) is 1.30. The zero-order chi connectivity index (χ0) is 5.91. The Bertz CT molecular complexity index is 132. The van der Waals surface area contributed by atoms with Gasteiger partial charge in [-0.2, -0.15) is 8.42 Å². The van der Waals surface area contributed by atoms with Gasteiger partial charge in [0.15, 0.2) is 0 Å². The fourth-order valence-electron chi connectivity index (χ4n) is 0.0975. The van der Waals surface area contributed by atoms with Gasteiger partial charge in [-0.15, -0.1) is 11.6 Å². The van der Waals surface area contributed by atoms with Crippen LogP contribution in [-0.4, -0.2) is 59.6 Å². The molecule has 0 aliphatic rings. The molecule has 0 heterocycles. The second-order valence-corrected chi connectivity index (χ2v) is 2.93. The monoisotopic (exact) mass is 186 g/mol. The van der Waals surface area contributed by atoms with Crippen LogP contribution >= 0.6 is 11.6 Å². The molecular weight excluding hydrogens is 179 g/mol. The third-order valence-corrected chi connectivity index (χ3v) is 1.47. The molecule has 0 aromatic carbocycles. The van der Waals surface area contributed by atoms with E-state index >= 15 is 0 Å². The van der Waals surface area contributed by atoms with Gasteiger partial charge in [-0.05, 0) is 0 Å². The molecule has 0 aromatic rings. The second kappa shape index (κ2) is 7.27. The molecular formula is C2H8ClNaO4S. The van der Waals surface area contributed by atoms with Crippen LogP contribution in [0, 0.1) is 0 Å². The van der Waals surface area contributed by atoms with Crippen LogP contribution in [0.25, 0.3) is 0 Å². The molecule has 0 spiro atoms. The Morgan fingerprint density at radius 3 is 1.78 bits per heavy atom. The zero-order valence-corrected chi connectivity index (χ0v) is 5.54. The van der Waals surface area contributed by atoms with Crippen molar-refractivity contribution in [3.8, 4) is 0 Å². The van der Waals surface area contributed by atoms with Gasteiger partial charge < -0.3 is 5.48 Å². The molecule has 0 radical (unpaired) electrons. The molecule has 0 rings (SSSR count). The standard InChI is InChI=1S/C2H5ClO3S.Na.H2O.H/c3-1-2-7(4,5)6;;;/h1-2H2,(H,4,5,6);;1H2;. The molecule has 0 unspecified atom stereocenters. The Morgan fingerprint density at radius 1 is 1.44 bits per heavy atom. The van der Waals surface area contributed by atoms with Crippen LogP contribution in [0.5, 0.6) is 0 Å². The van der Waals surface area contributed by atoms with E-state index in [2.05, 4.69) is 0 Å². The molecule has 0 bridgehead atoms. The topological polar surface area (TPSA) is 85.9 Å². The molecule has 0 aromatic heterocycles. The predicted molar refractivity (Wildman–Crippen MR) is 37.9 cm³/mol. The summed E-state index contributed by atoms with van der Waals surface area (Å²) in [6, 6.07) is 0. The van der Waals surface area contributed by atoms with Crippen LogP contribution in [0.15, 0.2) is 0 Å². The quantitative estimate of drug-likeness (QED) is 0.328. The van der Waals surface area contributed by atoms with Crippen molar-refractivity contribution in [2.45, 2.75) is 0 Å². The molecule has 9 heavy (non-hydrogen) atoms. The Hall–Kier alpha value is 1.16. The first-order valence-electron chi connectivity index (χ1n) is 1.57. The van der Waals surface area contributed by atoms with Gasteiger partial charge >= 0.3 is 29.6 Å². The third-order valence-electron chi connectivity index (χ3n) is 0.335. The van der Waals surface area contributed by atoms with Gasteiger partial charge in [0.1, 0.15) is 0 Å². The van der Waals surface area contributed by atoms with Gasteiger partial charge in [0, 0.05) is 5.88 Å². The van der Waals surface area contributed by atoms with Gasteiger partial charge in [-0.3, -0.25) is 4.55 Å². The number of hydrogen-bond acceptors (Lipinski definition) is 2. The Kier molecular flexibility index (Phi) is 13.4. The summed E-state index contributed by atoms with van der Waals surface area (Å²) < 4.78 is 27.3. The molecule has 0 amide bonds. The van der Waals surface area contributed by atoms with Crippen molar-refractivity contribution in [1.29, 1.82) is 0 Å². The Morgan fingerprint density at radius 2 is 1.78 bits per heavy atom. The molecule has 54 valence electrons. The van der Waals surface area contributed by atoms with E-state index in [1.54, 1.807) is 0 Å². The van der Waals surface area contributed by atoms with E-state index in [9.17, 15) is 8.42 Å². The van der Waals surface area contributed by atoms with Crippen molar-refractivity contribution in [1.82, 2.24) is 0 Å². The minimum atomic E-state index is -3.81. The first-order chi connectivity index (χ1) is 3.06. The zero-order valence-electron chi connectivity index (χ0n) is 3.96. The molecule has 0 aliphatic carbocycles. The molecule has 0 aliphatic heterocycles. The Balaban J connectivity index is -0.000000180. The predicted octanol–water partition coefficient (Wildman–Crippen LogP) is -1.36. The van der Waals surface area contributed by atoms with Crippen molar-refractivity contribution in [2.75, 3.05) is 11.6 Å². The van der Waals surface area contributed by atoms with Crippen molar-refractivity contribution in [2.24, 2.45) is 0 Å². The SMILES string of the molecule is O.O=S(=O)(O)CCCl.[NaH]. The van der Waals surface area contributed by atoms with Gasteiger partial charge in [0.2, 0.25) is 0 Å². The Labute approximate surface area is 80.9 Å². The van der Waals surface area contributed by atoms with E-state index in [-0.39, 0.29) is 46.7 Å². The summed E-state index contributed by atoms with van der Waals surface area (Å²) in [5.41, 5.74) is 0. The van der Waals surface area contributed by atoms with Gasteiger partial charge in [0.25, 0.3) is 10.1 Å². The molecule has 7 heteroatoms. The second-order valence-electron chi connectivity index (χ2n) is 0.975. The first-order valence-corrected chi connectivity index (χ1v) is 3.72.